The lowest BCUT2D eigenvalue weighted by Gasteiger charge is -2.10. The summed E-state index contributed by atoms with van der Waals surface area (Å²) in [4.78, 5) is 23.5. The van der Waals surface area contributed by atoms with Crippen molar-refractivity contribution in [1.82, 2.24) is 5.32 Å². The Morgan fingerprint density at radius 2 is 2.00 bits per heavy atom. The Morgan fingerprint density at radius 3 is 2.60 bits per heavy atom. The van der Waals surface area contributed by atoms with Crippen molar-refractivity contribution < 1.29 is 22.4 Å². The number of benzene rings is 1. The summed E-state index contributed by atoms with van der Waals surface area (Å²) < 4.78 is 29.4. The van der Waals surface area contributed by atoms with E-state index in [0.29, 0.717) is 11.3 Å². The molecule has 1 aromatic heterocycles. The molecule has 134 valence electrons. The second-order valence-corrected chi connectivity index (χ2v) is 7.29. The number of furan rings is 1. The molecule has 0 aliphatic carbocycles. The lowest BCUT2D eigenvalue weighted by Crippen LogP contribution is -2.27. The molecule has 0 atom stereocenters. The minimum atomic E-state index is -3.44. The van der Waals surface area contributed by atoms with Crippen LogP contribution >= 0.6 is 11.6 Å². The molecule has 1 heterocycles. The van der Waals surface area contributed by atoms with Gasteiger partial charge in [-0.2, -0.15) is 0 Å². The Kier molecular flexibility index (Phi) is 6.05. The highest BCUT2D eigenvalue weighted by Crippen LogP contribution is 2.26. The zero-order valence-electron chi connectivity index (χ0n) is 13.2. The van der Waals surface area contributed by atoms with Gasteiger partial charge in [0.05, 0.1) is 28.8 Å². The molecule has 0 radical (unpaired) electrons. The van der Waals surface area contributed by atoms with Crippen molar-refractivity contribution in [2.75, 3.05) is 22.8 Å². The monoisotopic (exact) mass is 385 g/mol. The summed E-state index contributed by atoms with van der Waals surface area (Å²) in [6.07, 6.45) is 3.76. The fraction of sp³-hybridized carbons (Fsp3) is 0.200. The smallest absolute Gasteiger partial charge is 0.254 e. The Morgan fingerprint density at radius 1 is 1.24 bits per heavy atom. The van der Waals surface area contributed by atoms with Crippen LogP contribution in [-0.2, 0) is 14.8 Å². The highest BCUT2D eigenvalue weighted by Gasteiger charge is 2.10. The molecule has 0 spiro atoms. The molecule has 25 heavy (non-hydrogen) atoms. The lowest BCUT2D eigenvalue weighted by atomic mass is 10.2. The Labute approximate surface area is 149 Å². The van der Waals surface area contributed by atoms with Crippen LogP contribution < -0.4 is 15.4 Å². The second-order valence-electron chi connectivity index (χ2n) is 5.13. The summed E-state index contributed by atoms with van der Waals surface area (Å²) in [6, 6.07) is 5.90. The molecule has 0 aliphatic rings. The maximum atomic E-state index is 11.9. The van der Waals surface area contributed by atoms with Gasteiger partial charge in [0, 0.05) is 18.7 Å². The topological polar surface area (TPSA) is 118 Å². The summed E-state index contributed by atoms with van der Waals surface area (Å²) in [5.41, 5.74) is 1.01. The number of nitrogens with one attached hydrogen (secondary N) is 3. The third-order valence-corrected chi connectivity index (χ3v) is 3.87. The number of hydrogen-bond donors (Lipinski definition) is 3. The third-order valence-electron chi connectivity index (χ3n) is 2.97. The number of carbonyl (C=O) groups is 2. The molecular weight excluding hydrogens is 370 g/mol. The van der Waals surface area contributed by atoms with Crippen LogP contribution in [0.15, 0.2) is 41.2 Å². The van der Waals surface area contributed by atoms with E-state index in [1.165, 1.54) is 36.8 Å². The van der Waals surface area contributed by atoms with Crippen molar-refractivity contribution in [3.63, 3.8) is 0 Å². The molecule has 10 heteroatoms. The summed E-state index contributed by atoms with van der Waals surface area (Å²) in [7, 11) is -3.44. The highest BCUT2D eigenvalue weighted by molar-refractivity contribution is 7.92. The van der Waals surface area contributed by atoms with Gasteiger partial charge in [-0.05, 0) is 24.3 Å². The minimum Gasteiger partial charge on any atom is -0.472 e. The predicted octanol–water partition coefficient (Wildman–Crippen LogP) is 2.06. The van der Waals surface area contributed by atoms with Gasteiger partial charge in [0.15, 0.2) is 0 Å². The zero-order chi connectivity index (χ0) is 18.4. The molecule has 8 nitrogen and oxygen atoms in total. The third kappa shape index (κ3) is 6.12. The van der Waals surface area contributed by atoms with Crippen LogP contribution in [0.1, 0.15) is 16.8 Å². The van der Waals surface area contributed by atoms with E-state index in [4.69, 9.17) is 16.0 Å². The Balaban J connectivity index is 1.84. The number of carbonyl (C=O) groups excluding carboxylic acids is 2. The molecule has 0 fully saturated rings. The normalized spacial score (nSPS) is 11.0. The summed E-state index contributed by atoms with van der Waals surface area (Å²) >= 11 is 5.98. The average molecular weight is 386 g/mol. The summed E-state index contributed by atoms with van der Waals surface area (Å²) in [5.74, 6) is -0.659. The summed E-state index contributed by atoms with van der Waals surface area (Å²) in [6.45, 7) is 0.150. The lowest BCUT2D eigenvalue weighted by molar-refractivity contribution is -0.116. The van der Waals surface area contributed by atoms with E-state index in [2.05, 4.69) is 15.4 Å². The van der Waals surface area contributed by atoms with E-state index in [-0.39, 0.29) is 35.5 Å². The van der Waals surface area contributed by atoms with Gasteiger partial charge in [-0.15, -0.1) is 0 Å². The standard InChI is InChI=1S/C15H16ClN3O5S/c1-25(22,23)19-13-3-2-11(8-12(13)16)18-14(20)4-6-17-15(21)10-5-7-24-9-10/h2-3,5,7-9,19H,4,6H2,1H3,(H,17,21)(H,18,20). The quantitative estimate of drug-likeness (QED) is 0.674. The Hall–Kier alpha value is -2.52. The average Bonchev–Trinajstić information content (AvgIpc) is 3.03. The molecule has 3 N–H and O–H groups in total. The largest absolute Gasteiger partial charge is 0.472 e. The van der Waals surface area contributed by atoms with Crippen molar-refractivity contribution in [1.29, 1.82) is 0 Å². The van der Waals surface area contributed by atoms with E-state index in [1.807, 2.05) is 0 Å². The molecule has 0 saturated carbocycles. The van der Waals surface area contributed by atoms with Crippen LogP contribution in [0.25, 0.3) is 0 Å². The molecule has 0 aliphatic heterocycles. The first kappa shape index (κ1) is 18.8. The predicted molar refractivity (Wildman–Crippen MR) is 94.2 cm³/mol. The molecule has 2 amide bonds. The van der Waals surface area contributed by atoms with E-state index in [1.54, 1.807) is 0 Å². The van der Waals surface area contributed by atoms with Crippen LogP contribution in [0.2, 0.25) is 5.02 Å². The fourth-order valence-electron chi connectivity index (χ4n) is 1.88. The highest BCUT2D eigenvalue weighted by atomic mass is 35.5. The van der Waals surface area contributed by atoms with Crippen LogP contribution in [-0.4, -0.2) is 33.0 Å². The SMILES string of the molecule is CS(=O)(=O)Nc1ccc(NC(=O)CCNC(=O)c2ccoc2)cc1Cl. The Bertz CT molecular complexity index is 865. The molecule has 0 saturated heterocycles. The van der Waals surface area contributed by atoms with Gasteiger partial charge in [0.2, 0.25) is 15.9 Å². The number of rotatable bonds is 7. The van der Waals surface area contributed by atoms with Crippen LogP contribution in [0.4, 0.5) is 11.4 Å². The number of amides is 2. The van der Waals surface area contributed by atoms with Crippen molar-refractivity contribution in [3.05, 3.63) is 47.4 Å². The molecule has 2 rings (SSSR count). The van der Waals surface area contributed by atoms with Gasteiger partial charge in [-0.1, -0.05) is 11.6 Å². The van der Waals surface area contributed by atoms with Crippen LogP contribution in [0.5, 0.6) is 0 Å². The van der Waals surface area contributed by atoms with E-state index < -0.39 is 10.0 Å². The summed E-state index contributed by atoms with van der Waals surface area (Å²) in [5, 5.41) is 5.35. The van der Waals surface area contributed by atoms with Crippen LogP contribution in [0.3, 0.4) is 0 Å². The first-order valence-electron chi connectivity index (χ1n) is 7.12. The van der Waals surface area contributed by atoms with Crippen molar-refractivity contribution >= 4 is 44.8 Å². The van der Waals surface area contributed by atoms with Gasteiger partial charge in [0.1, 0.15) is 6.26 Å². The van der Waals surface area contributed by atoms with E-state index >= 15 is 0 Å². The number of anilines is 2. The van der Waals surface area contributed by atoms with Crippen molar-refractivity contribution in [3.8, 4) is 0 Å². The van der Waals surface area contributed by atoms with Crippen molar-refractivity contribution in [2.45, 2.75) is 6.42 Å². The maximum Gasteiger partial charge on any atom is 0.254 e. The van der Waals surface area contributed by atoms with E-state index in [9.17, 15) is 18.0 Å². The van der Waals surface area contributed by atoms with E-state index in [0.717, 1.165) is 6.26 Å². The molecule has 0 unspecified atom stereocenters. The maximum absolute atomic E-state index is 11.9. The number of hydrogen-bond acceptors (Lipinski definition) is 5. The number of sulfonamides is 1. The van der Waals surface area contributed by atoms with Gasteiger partial charge in [-0.25, -0.2) is 8.42 Å². The minimum absolute atomic E-state index is 0.0601. The number of halogens is 1. The van der Waals surface area contributed by atoms with Gasteiger partial charge in [-0.3, -0.25) is 14.3 Å². The molecule has 0 bridgehead atoms. The first-order chi connectivity index (χ1) is 11.7. The molecular formula is C15H16ClN3O5S. The second kappa shape index (κ2) is 8.04. The molecule has 1 aromatic carbocycles. The fourth-order valence-corrected chi connectivity index (χ4v) is 2.75. The molecule has 2 aromatic rings. The van der Waals surface area contributed by atoms with Crippen LogP contribution in [0, 0.1) is 0 Å². The first-order valence-corrected chi connectivity index (χ1v) is 9.39. The van der Waals surface area contributed by atoms with Crippen molar-refractivity contribution in [2.24, 2.45) is 0 Å². The zero-order valence-corrected chi connectivity index (χ0v) is 14.8. The van der Waals surface area contributed by atoms with Gasteiger partial charge >= 0.3 is 0 Å². The van der Waals surface area contributed by atoms with Gasteiger partial charge < -0.3 is 15.1 Å². The van der Waals surface area contributed by atoms with Gasteiger partial charge in [0.25, 0.3) is 5.91 Å².